The van der Waals surface area contributed by atoms with Crippen molar-refractivity contribution in [3.05, 3.63) is 52.5 Å². The van der Waals surface area contributed by atoms with Gasteiger partial charge in [-0.2, -0.15) is 0 Å². The summed E-state index contributed by atoms with van der Waals surface area (Å²) in [5.41, 5.74) is 3.84. The Labute approximate surface area is 177 Å². The first-order valence-corrected chi connectivity index (χ1v) is 11.0. The normalized spacial score (nSPS) is 24.1. The van der Waals surface area contributed by atoms with Crippen LogP contribution < -0.4 is 10.1 Å². The van der Waals surface area contributed by atoms with Crippen LogP contribution >= 0.6 is 11.6 Å². The van der Waals surface area contributed by atoms with Gasteiger partial charge in [0.15, 0.2) is 0 Å². The summed E-state index contributed by atoms with van der Waals surface area (Å²) in [4.78, 5) is 14.7. The van der Waals surface area contributed by atoms with E-state index in [1.165, 1.54) is 31.4 Å². The molecule has 3 aliphatic rings. The van der Waals surface area contributed by atoms with Crippen LogP contribution in [0.2, 0.25) is 5.02 Å². The topological polar surface area (TPSA) is 41.6 Å². The van der Waals surface area contributed by atoms with Gasteiger partial charge in [-0.05, 0) is 66.6 Å². The molecule has 1 saturated heterocycles. The Bertz CT molecular complexity index is 956. The quantitative estimate of drug-likeness (QED) is 0.798. The van der Waals surface area contributed by atoms with Crippen LogP contribution in [0.1, 0.15) is 48.0 Å². The Morgan fingerprint density at radius 3 is 2.72 bits per heavy atom. The molecular weight excluding hydrogens is 384 g/mol. The van der Waals surface area contributed by atoms with E-state index in [0.29, 0.717) is 10.6 Å². The number of nitrogens with zero attached hydrogens (tertiary/aromatic N) is 1. The highest BCUT2D eigenvalue weighted by atomic mass is 35.5. The van der Waals surface area contributed by atoms with Crippen molar-refractivity contribution in [3.63, 3.8) is 0 Å². The van der Waals surface area contributed by atoms with E-state index in [0.717, 1.165) is 48.7 Å². The third-order valence-electron chi connectivity index (χ3n) is 6.95. The van der Waals surface area contributed by atoms with Crippen LogP contribution in [0.25, 0.3) is 11.1 Å². The fourth-order valence-electron chi connectivity index (χ4n) is 4.94. The van der Waals surface area contributed by atoms with Gasteiger partial charge in [-0.25, -0.2) is 0 Å². The molecule has 2 aromatic rings. The smallest absolute Gasteiger partial charge is 0.252 e. The Morgan fingerprint density at radius 2 is 1.97 bits per heavy atom. The molecule has 1 unspecified atom stereocenters. The Kier molecular flexibility index (Phi) is 4.79. The SMILES string of the molecule is CNC(=O)c1cc(-c2ccc3c(c2)CCC2(CCN(C4CCC4)C2)O3)ccc1Cl. The van der Waals surface area contributed by atoms with Crippen LogP contribution in [0.4, 0.5) is 0 Å². The first-order valence-electron chi connectivity index (χ1n) is 10.6. The number of benzene rings is 2. The zero-order chi connectivity index (χ0) is 20.0. The number of carbonyl (C=O) groups is 1. The third-order valence-corrected chi connectivity index (χ3v) is 7.27. The lowest BCUT2D eigenvalue weighted by Crippen LogP contribution is -2.45. The molecule has 1 spiro atoms. The maximum Gasteiger partial charge on any atom is 0.252 e. The minimum atomic E-state index is -0.169. The molecule has 5 heteroatoms. The molecule has 1 atom stereocenters. The van der Waals surface area contributed by atoms with Crippen molar-refractivity contribution in [3.8, 4) is 16.9 Å². The molecule has 0 aromatic heterocycles. The average molecular weight is 411 g/mol. The summed E-state index contributed by atoms with van der Waals surface area (Å²) in [6, 6.07) is 12.8. The van der Waals surface area contributed by atoms with Gasteiger partial charge in [0.05, 0.1) is 10.6 Å². The summed E-state index contributed by atoms with van der Waals surface area (Å²) >= 11 is 6.21. The van der Waals surface area contributed by atoms with Crippen molar-refractivity contribution in [2.24, 2.45) is 0 Å². The van der Waals surface area contributed by atoms with E-state index in [9.17, 15) is 4.79 Å². The summed E-state index contributed by atoms with van der Waals surface area (Å²) in [6.45, 7) is 2.25. The van der Waals surface area contributed by atoms with Gasteiger partial charge in [0.25, 0.3) is 5.91 Å². The van der Waals surface area contributed by atoms with E-state index in [2.05, 4.69) is 28.4 Å². The molecule has 2 fully saturated rings. The zero-order valence-electron chi connectivity index (χ0n) is 16.8. The maximum atomic E-state index is 12.1. The summed E-state index contributed by atoms with van der Waals surface area (Å²) in [5, 5.41) is 3.12. The van der Waals surface area contributed by atoms with Crippen LogP contribution in [-0.2, 0) is 6.42 Å². The lowest BCUT2D eigenvalue weighted by Gasteiger charge is -2.39. The van der Waals surface area contributed by atoms with Crippen LogP contribution in [0, 0.1) is 0 Å². The van der Waals surface area contributed by atoms with Crippen LogP contribution in [0.3, 0.4) is 0 Å². The zero-order valence-corrected chi connectivity index (χ0v) is 17.6. The predicted molar refractivity (Wildman–Crippen MR) is 116 cm³/mol. The predicted octanol–water partition coefficient (Wildman–Crippen LogP) is 4.69. The number of ether oxygens (including phenoxy) is 1. The average Bonchev–Trinajstić information content (AvgIpc) is 3.08. The molecule has 4 nitrogen and oxygen atoms in total. The van der Waals surface area contributed by atoms with Gasteiger partial charge >= 0.3 is 0 Å². The van der Waals surface area contributed by atoms with E-state index in [4.69, 9.17) is 16.3 Å². The van der Waals surface area contributed by atoms with Gasteiger partial charge in [0.1, 0.15) is 11.4 Å². The fraction of sp³-hybridized carbons (Fsp3) is 0.458. The summed E-state index contributed by atoms with van der Waals surface area (Å²) in [6.07, 6.45) is 7.35. The molecule has 2 heterocycles. The number of nitrogens with one attached hydrogen (secondary N) is 1. The highest BCUT2D eigenvalue weighted by Gasteiger charge is 2.45. The van der Waals surface area contributed by atoms with Crippen molar-refractivity contribution in [1.82, 2.24) is 10.2 Å². The van der Waals surface area contributed by atoms with Gasteiger partial charge in [-0.3, -0.25) is 9.69 Å². The van der Waals surface area contributed by atoms with E-state index in [1.807, 2.05) is 12.1 Å². The number of fused-ring (bicyclic) bond motifs is 1. The molecule has 0 bridgehead atoms. The number of amides is 1. The second kappa shape index (κ2) is 7.33. The second-order valence-electron chi connectivity index (χ2n) is 8.69. The first-order chi connectivity index (χ1) is 14.1. The molecule has 0 radical (unpaired) electrons. The number of aryl methyl sites for hydroxylation is 1. The standard InChI is InChI=1S/C24H27ClN2O2/c1-26-23(28)20-14-17(5-7-21(20)25)16-6-8-22-18(13-16)9-10-24(29-22)11-12-27(15-24)19-3-2-4-19/h5-8,13-14,19H,2-4,9-12,15H2,1H3,(H,26,28). The van der Waals surface area contributed by atoms with Crippen molar-refractivity contribution < 1.29 is 9.53 Å². The van der Waals surface area contributed by atoms with Gasteiger partial charge in [0.2, 0.25) is 0 Å². The lowest BCUT2D eigenvalue weighted by molar-refractivity contribution is 0.0413. The van der Waals surface area contributed by atoms with Gasteiger partial charge in [0, 0.05) is 32.6 Å². The number of hydrogen-bond donors (Lipinski definition) is 1. The fourth-order valence-corrected chi connectivity index (χ4v) is 5.14. The Morgan fingerprint density at radius 1 is 1.17 bits per heavy atom. The van der Waals surface area contributed by atoms with Gasteiger partial charge in [-0.1, -0.05) is 30.2 Å². The second-order valence-corrected chi connectivity index (χ2v) is 9.09. The molecular formula is C24H27ClN2O2. The Balaban J connectivity index is 1.37. The molecule has 5 rings (SSSR count). The number of halogens is 1. The summed E-state index contributed by atoms with van der Waals surface area (Å²) in [7, 11) is 1.62. The third kappa shape index (κ3) is 3.43. The number of hydrogen-bond acceptors (Lipinski definition) is 3. The molecule has 1 saturated carbocycles. The number of rotatable bonds is 3. The van der Waals surface area contributed by atoms with E-state index in [-0.39, 0.29) is 11.5 Å². The molecule has 1 aliphatic carbocycles. The minimum absolute atomic E-state index is 0.00321. The van der Waals surface area contributed by atoms with Crippen LogP contribution in [0.5, 0.6) is 5.75 Å². The first kappa shape index (κ1) is 19.0. The molecule has 2 aliphatic heterocycles. The largest absolute Gasteiger partial charge is 0.486 e. The maximum absolute atomic E-state index is 12.1. The van der Waals surface area contributed by atoms with Gasteiger partial charge in [-0.15, -0.1) is 0 Å². The minimum Gasteiger partial charge on any atom is -0.486 e. The van der Waals surface area contributed by atoms with Crippen molar-refractivity contribution in [2.75, 3.05) is 20.1 Å². The van der Waals surface area contributed by atoms with Crippen molar-refractivity contribution >= 4 is 17.5 Å². The van der Waals surface area contributed by atoms with E-state index in [1.54, 1.807) is 13.1 Å². The van der Waals surface area contributed by atoms with Gasteiger partial charge < -0.3 is 10.1 Å². The molecule has 152 valence electrons. The van der Waals surface area contributed by atoms with Crippen molar-refractivity contribution in [2.45, 2.75) is 50.2 Å². The highest BCUT2D eigenvalue weighted by Crippen LogP contribution is 2.42. The van der Waals surface area contributed by atoms with Crippen LogP contribution in [-0.4, -0.2) is 42.6 Å². The number of likely N-dealkylation sites (tertiary alicyclic amines) is 1. The molecule has 29 heavy (non-hydrogen) atoms. The monoisotopic (exact) mass is 410 g/mol. The summed E-state index contributed by atoms with van der Waals surface area (Å²) < 4.78 is 6.59. The molecule has 2 aromatic carbocycles. The van der Waals surface area contributed by atoms with E-state index < -0.39 is 0 Å². The summed E-state index contributed by atoms with van der Waals surface area (Å²) in [5.74, 6) is 0.855. The molecule has 1 amide bonds. The van der Waals surface area contributed by atoms with E-state index >= 15 is 0 Å². The highest BCUT2D eigenvalue weighted by molar-refractivity contribution is 6.34. The van der Waals surface area contributed by atoms with Crippen molar-refractivity contribution in [1.29, 1.82) is 0 Å². The Hall–Kier alpha value is -2.04. The number of carbonyl (C=O) groups excluding carboxylic acids is 1. The molecule has 1 N–H and O–H groups in total. The lowest BCUT2D eigenvalue weighted by atomic mass is 9.88. The van der Waals surface area contributed by atoms with Crippen LogP contribution in [0.15, 0.2) is 36.4 Å².